The van der Waals surface area contributed by atoms with Crippen molar-refractivity contribution in [3.63, 3.8) is 0 Å². The van der Waals surface area contributed by atoms with Crippen molar-refractivity contribution < 1.29 is 14.0 Å². The van der Waals surface area contributed by atoms with Gasteiger partial charge in [-0.15, -0.1) is 0 Å². The summed E-state index contributed by atoms with van der Waals surface area (Å²) < 4.78 is 12.7. The van der Waals surface area contributed by atoms with Crippen molar-refractivity contribution in [2.24, 2.45) is 5.41 Å². The molecule has 0 spiro atoms. The third kappa shape index (κ3) is 1.33. The van der Waals surface area contributed by atoms with Gasteiger partial charge in [-0.05, 0) is 0 Å². The summed E-state index contributed by atoms with van der Waals surface area (Å²) in [4.78, 5) is 22.8. The van der Waals surface area contributed by atoms with E-state index in [2.05, 4.69) is 0 Å². The predicted octanol–water partition coefficient (Wildman–Crippen LogP) is 1.09. The van der Waals surface area contributed by atoms with Gasteiger partial charge in [0, 0.05) is 5.41 Å². The van der Waals surface area contributed by atoms with Crippen molar-refractivity contribution in [2.45, 2.75) is 33.5 Å². The average molecular weight is 173 g/mol. The Kier molecular flexibility index (Phi) is 1.94. The molecule has 0 aliphatic carbocycles. The Morgan fingerprint density at radius 1 is 1.58 bits per heavy atom. The van der Waals surface area contributed by atoms with E-state index in [1.54, 1.807) is 20.8 Å². The zero-order chi connectivity index (χ0) is 9.52. The van der Waals surface area contributed by atoms with E-state index in [-0.39, 0.29) is 6.42 Å². The van der Waals surface area contributed by atoms with Gasteiger partial charge in [0.25, 0.3) is 0 Å². The standard InChI is InChI=1S/C8H12FNO2/c1-8(2,3)7(12)10-5(9)4-6(10)11/h5H,4H2,1-3H3. The van der Waals surface area contributed by atoms with Crippen LogP contribution in [-0.4, -0.2) is 23.0 Å². The number of nitrogens with zero attached hydrogens (tertiary/aromatic N) is 1. The van der Waals surface area contributed by atoms with Gasteiger partial charge in [0.2, 0.25) is 11.8 Å². The van der Waals surface area contributed by atoms with E-state index in [1.807, 2.05) is 0 Å². The third-order valence-electron chi connectivity index (χ3n) is 1.75. The molecule has 68 valence electrons. The first-order valence-electron chi connectivity index (χ1n) is 3.84. The third-order valence-corrected chi connectivity index (χ3v) is 1.75. The number of amides is 2. The summed E-state index contributed by atoms with van der Waals surface area (Å²) in [6.45, 7) is 4.98. The van der Waals surface area contributed by atoms with Crippen LogP contribution in [0.25, 0.3) is 0 Å². The fraction of sp³-hybridized carbons (Fsp3) is 0.750. The number of β-lactam (4-membered cyclic amide) rings is 1. The van der Waals surface area contributed by atoms with Crippen LogP contribution in [0.1, 0.15) is 27.2 Å². The summed E-state index contributed by atoms with van der Waals surface area (Å²) in [7, 11) is 0. The van der Waals surface area contributed by atoms with E-state index < -0.39 is 23.5 Å². The molecular formula is C8H12FNO2. The molecule has 1 heterocycles. The molecule has 0 bridgehead atoms. The van der Waals surface area contributed by atoms with Gasteiger partial charge >= 0.3 is 0 Å². The highest BCUT2D eigenvalue weighted by molar-refractivity contribution is 6.01. The summed E-state index contributed by atoms with van der Waals surface area (Å²) >= 11 is 0. The number of rotatable bonds is 0. The lowest BCUT2D eigenvalue weighted by Gasteiger charge is -2.36. The van der Waals surface area contributed by atoms with Crippen molar-refractivity contribution >= 4 is 11.8 Å². The fourth-order valence-electron chi connectivity index (χ4n) is 0.979. The molecule has 1 aliphatic rings. The predicted molar refractivity (Wildman–Crippen MR) is 40.8 cm³/mol. The van der Waals surface area contributed by atoms with Gasteiger partial charge < -0.3 is 0 Å². The highest BCUT2D eigenvalue weighted by atomic mass is 19.1. The molecule has 3 nitrogen and oxygen atoms in total. The minimum Gasteiger partial charge on any atom is -0.274 e. The van der Waals surface area contributed by atoms with Crippen LogP contribution in [0.3, 0.4) is 0 Å². The minimum atomic E-state index is -1.40. The van der Waals surface area contributed by atoms with Crippen LogP contribution in [0.4, 0.5) is 4.39 Å². The van der Waals surface area contributed by atoms with Gasteiger partial charge in [-0.2, -0.15) is 0 Å². The smallest absolute Gasteiger partial charge is 0.236 e. The van der Waals surface area contributed by atoms with Gasteiger partial charge in [0.15, 0.2) is 6.30 Å². The van der Waals surface area contributed by atoms with Gasteiger partial charge in [-0.25, -0.2) is 9.29 Å². The first kappa shape index (κ1) is 9.16. The van der Waals surface area contributed by atoms with Gasteiger partial charge in [-0.1, -0.05) is 20.8 Å². The number of alkyl halides is 1. The Bertz CT molecular complexity index is 232. The maximum Gasteiger partial charge on any atom is 0.236 e. The normalized spacial score (nSPS) is 23.8. The van der Waals surface area contributed by atoms with E-state index >= 15 is 0 Å². The molecule has 0 aromatic heterocycles. The second-order valence-corrected chi connectivity index (χ2v) is 3.96. The highest BCUT2D eigenvalue weighted by Gasteiger charge is 2.44. The van der Waals surface area contributed by atoms with Gasteiger partial charge in [0.1, 0.15) is 0 Å². The minimum absolute atomic E-state index is 0.151. The van der Waals surface area contributed by atoms with Crippen molar-refractivity contribution in [3.8, 4) is 0 Å². The molecule has 0 aromatic rings. The molecule has 1 unspecified atom stereocenters. The number of halogens is 1. The van der Waals surface area contributed by atoms with Crippen molar-refractivity contribution in [1.82, 2.24) is 4.90 Å². The first-order valence-corrected chi connectivity index (χ1v) is 3.84. The molecule has 1 aliphatic heterocycles. The van der Waals surface area contributed by atoms with Gasteiger partial charge in [0.05, 0.1) is 6.42 Å². The van der Waals surface area contributed by atoms with Gasteiger partial charge in [-0.3, -0.25) is 9.59 Å². The van der Waals surface area contributed by atoms with Crippen LogP contribution in [-0.2, 0) is 9.59 Å². The monoisotopic (exact) mass is 173 g/mol. The number of carbonyl (C=O) groups is 2. The van der Waals surface area contributed by atoms with Crippen molar-refractivity contribution in [2.75, 3.05) is 0 Å². The van der Waals surface area contributed by atoms with Crippen LogP contribution in [0.2, 0.25) is 0 Å². The second-order valence-electron chi connectivity index (χ2n) is 3.96. The highest BCUT2D eigenvalue weighted by Crippen LogP contribution is 2.27. The van der Waals surface area contributed by atoms with E-state index in [0.717, 1.165) is 0 Å². The van der Waals surface area contributed by atoms with Crippen LogP contribution in [0.5, 0.6) is 0 Å². The molecule has 12 heavy (non-hydrogen) atoms. The second kappa shape index (κ2) is 2.54. The lowest BCUT2D eigenvalue weighted by atomic mass is 9.93. The Morgan fingerprint density at radius 2 is 2.08 bits per heavy atom. The summed E-state index contributed by atoms with van der Waals surface area (Å²) in [6.07, 6.45) is -1.55. The number of hydrogen-bond acceptors (Lipinski definition) is 2. The number of hydrogen-bond donors (Lipinski definition) is 0. The Hall–Kier alpha value is -0.930. The van der Waals surface area contributed by atoms with E-state index in [4.69, 9.17) is 0 Å². The molecule has 0 radical (unpaired) electrons. The quantitative estimate of drug-likeness (QED) is 0.406. The van der Waals surface area contributed by atoms with E-state index in [9.17, 15) is 14.0 Å². The summed E-state index contributed by atoms with van der Waals surface area (Å²) in [5.74, 6) is -0.853. The van der Waals surface area contributed by atoms with Crippen molar-refractivity contribution in [1.29, 1.82) is 0 Å². The lowest BCUT2D eigenvalue weighted by molar-refractivity contribution is -0.170. The molecule has 0 saturated carbocycles. The molecule has 1 atom stereocenters. The average Bonchev–Trinajstić information content (AvgIpc) is 1.84. The number of imide groups is 1. The number of carbonyl (C=O) groups excluding carboxylic acids is 2. The van der Waals surface area contributed by atoms with Crippen molar-refractivity contribution in [3.05, 3.63) is 0 Å². The molecule has 2 amide bonds. The van der Waals surface area contributed by atoms with Crippen LogP contribution in [0.15, 0.2) is 0 Å². The van der Waals surface area contributed by atoms with Crippen LogP contribution >= 0.6 is 0 Å². The molecular weight excluding hydrogens is 161 g/mol. The molecule has 1 rings (SSSR count). The molecule has 1 saturated heterocycles. The molecule has 4 heteroatoms. The molecule has 1 fully saturated rings. The fourth-order valence-corrected chi connectivity index (χ4v) is 0.979. The molecule has 0 aromatic carbocycles. The Morgan fingerprint density at radius 3 is 2.25 bits per heavy atom. The van der Waals surface area contributed by atoms with E-state index in [1.165, 1.54) is 0 Å². The molecule has 0 N–H and O–H groups in total. The Labute approximate surface area is 70.5 Å². The van der Waals surface area contributed by atoms with E-state index in [0.29, 0.717) is 4.90 Å². The first-order chi connectivity index (χ1) is 5.34. The zero-order valence-electron chi connectivity index (χ0n) is 7.43. The zero-order valence-corrected chi connectivity index (χ0v) is 7.43. The maximum absolute atomic E-state index is 12.7. The Balaban J connectivity index is 2.71. The topological polar surface area (TPSA) is 37.4 Å². The SMILES string of the molecule is CC(C)(C)C(=O)N1C(=O)CC1F. The maximum atomic E-state index is 12.7. The largest absolute Gasteiger partial charge is 0.274 e. The summed E-state index contributed by atoms with van der Waals surface area (Å²) in [5.41, 5.74) is -0.680. The summed E-state index contributed by atoms with van der Waals surface area (Å²) in [6, 6.07) is 0. The summed E-state index contributed by atoms with van der Waals surface area (Å²) in [5, 5.41) is 0. The van der Waals surface area contributed by atoms with Crippen LogP contribution < -0.4 is 0 Å². The lowest BCUT2D eigenvalue weighted by Crippen LogP contribution is -2.56. The number of likely N-dealkylation sites (tertiary alicyclic amines) is 1. The van der Waals surface area contributed by atoms with Crippen LogP contribution in [0, 0.1) is 5.41 Å².